The molecule has 1 unspecified atom stereocenters. The van der Waals surface area contributed by atoms with E-state index >= 15 is 0 Å². The van der Waals surface area contributed by atoms with Crippen molar-refractivity contribution in [2.45, 2.75) is 6.17 Å². The molecule has 0 saturated carbocycles. The topological polar surface area (TPSA) is 62.5 Å². The zero-order valence-corrected chi connectivity index (χ0v) is 27.1. The van der Waals surface area contributed by atoms with Crippen LogP contribution in [0, 0.1) is 0 Å². The molecule has 6 aromatic carbocycles. The zero-order valence-electron chi connectivity index (χ0n) is 27.1. The molecule has 50 heavy (non-hydrogen) atoms. The Morgan fingerprint density at radius 2 is 1.02 bits per heavy atom. The van der Waals surface area contributed by atoms with Crippen molar-refractivity contribution in [3.8, 4) is 33.5 Å². The average Bonchev–Trinajstić information content (AvgIpc) is 3.21. The third-order valence-corrected chi connectivity index (χ3v) is 9.15. The van der Waals surface area contributed by atoms with Gasteiger partial charge < -0.3 is 5.32 Å². The number of fused-ring (bicyclic) bond motifs is 3. The molecule has 0 amide bonds. The molecule has 8 aromatic rings. The predicted molar refractivity (Wildman–Crippen MR) is 205 cm³/mol. The van der Waals surface area contributed by atoms with E-state index in [2.05, 4.69) is 139 Å². The molecule has 5 heteroatoms. The second-order valence-electron chi connectivity index (χ2n) is 12.4. The highest BCUT2D eigenvalue weighted by Crippen LogP contribution is 2.32. The van der Waals surface area contributed by atoms with Crippen LogP contribution in [0.3, 0.4) is 0 Å². The molecule has 3 heterocycles. The SMILES string of the molecule is c1ccc(-c2ccc(C3=NC(c4cc(-c5ccccc5)cc(-c5ccc6ccc7cccnc7c6n5)c4)=NC(c4ccccc4)N3)cc2)cc1. The van der Waals surface area contributed by atoms with Crippen LogP contribution in [0.2, 0.25) is 0 Å². The van der Waals surface area contributed by atoms with E-state index in [0.717, 1.165) is 72.3 Å². The summed E-state index contributed by atoms with van der Waals surface area (Å²) in [7, 11) is 0. The van der Waals surface area contributed by atoms with Gasteiger partial charge >= 0.3 is 0 Å². The normalized spacial score (nSPS) is 14.2. The number of amidine groups is 2. The number of hydrogen-bond acceptors (Lipinski definition) is 5. The highest BCUT2D eigenvalue weighted by molar-refractivity contribution is 6.14. The molecule has 5 nitrogen and oxygen atoms in total. The highest BCUT2D eigenvalue weighted by atomic mass is 15.2. The van der Waals surface area contributed by atoms with Gasteiger partial charge in [0.05, 0.1) is 16.7 Å². The molecule has 1 N–H and O–H groups in total. The first-order chi connectivity index (χ1) is 24.7. The summed E-state index contributed by atoms with van der Waals surface area (Å²) < 4.78 is 0. The lowest BCUT2D eigenvalue weighted by Crippen LogP contribution is -2.33. The van der Waals surface area contributed by atoms with Crippen molar-refractivity contribution >= 4 is 33.5 Å². The summed E-state index contributed by atoms with van der Waals surface area (Å²) in [6.07, 6.45) is 1.51. The number of rotatable bonds is 6. The number of nitrogens with one attached hydrogen (secondary N) is 1. The van der Waals surface area contributed by atoms with E-state index < -0.39 is 0 Å². The predicted octanol–water partition coefficient (Wildman–Crippen LogP) is 10.3. The van der Waals surface area contributed by atoms with Crippen LogP contribution in [0.15, 0.2) is 186 Å². The van der Waals surface area contributed by atoms with Crippen LogP contribution >= 0.6 is 0 Å². The van der Waals surface area contributed by atoms with Crippen LogP contribution in [-0.2, 0) is 0 Å². The summed E-state index contributed by atoms with van der Waals surface area (Å²) >= 11 is 0. The van der Waals surface area contributed by atoms with Crippen molar-refractivity contribution in [3.05, 3.63) is 193 Å². The van der Waals surface area contributed by atoms with Gasteiger partial charge in [0.2, 0.25) is 0 Å². The molecule has 2 aromatic heterocycles. The second-order valence-corrected chi connectivity index (χ2v) is 12.4. The molecular weight excluding hydrogens is 611 g/mol. The first-order valence-corrected chi connectivity index (χ1v) is 16.7. The van der Waals surface area contributed by atoms with E-state index in [1.807, 2.05) is 42.6 Å². The van der Waals surface area contributed by atoms with Crippen LogP contribution in [0.1, 0.15) is 22.9 Å². The molecule has 0 saturated heterocycles. The Labute approximate surface area is 290 Å². The van der Waals surface area contributed by atoms with Gasteiger partial charge in [0.15, 0.2) is 5.84 Å². The molecule has 1 aliphatic heterocycles. The number of hydrogen-bond donors (Lipinski definition) is 1. The molecule has 0 fully saturated rings. The minimum atomic E-state index is -0.312. The van der Waals surface area contributed by atoms with Crippen molar-refractivity contribution in [1.82, 2.24) is 15.3 Å². The molecule has 0 spiro atoms. The van der Waals surface area contributed by atoms with Gasteiger partial charge in [0, 0.05) is 33.7 Å². The van der Waals surface area contributed by atoms with Crippen LogP contribution in [-0.4, -0.2) is 21.6 Å². The molecule has 1 aliphatic rings. The van der Waals surface area contributed by atoms with Gasteiger partial charge in [-0.05, 0) is 58.1 Å². The van der Waals surface area contributed by atoms with Gasteiger partial charge in [-0.1, -0.05) is 140 Å². The largest absolute Gasteiger partial charge is 0.344 e. The first-order valence-electron chi connectivity index (χ1n) is 16.7. The number of nitrogens with zero attached hydrogens (tertiary/aromatic N) is 4. The Morgan fingerprint density at radius 3 is 1.76 bits per heavy atom. The van der Waals surface area contributed by atoms with Crippen molar-refractivity contribution in [2.24, 2.45) is 9.98 Å². The monoisotopic (exact) mass is 641 g/mol. The van der Waals surface area contributed by atoms with Gasteiger partial charge in [0.1, 0.15) is 12.0 Å². The van der Waals surface area contributed by atoms with Gasteiger partial charge in [0.25, 0.3) is 0 Å². The van der Waals surface area contributed by atoms with Crippen molar-refractivity contribution in [2.75, 3.05) is 0 Å². The average molecular weight is 642 g/mol. The maximum Gasteiger partial charge on any atom is 0.159 e. The van der Waals surface area contributed by atoms with E-state index in [9.17, 15) is 0 Å². The number of pyridine rings is 2. The van der Waals surface area contributed by atoms with E-state index in [4.69, 9.17) is 20.0 Å². The lowest BCUT2D eigenvalue weighted by molar-refractivity contribution is 0.674. The first kappa shape index (κ1) is 29.4. The summed E-state index contributed by atoms with van der Waals surface area (Å²) in [5, 5.41) is 5.74. The summed E-state index contributed by atoms with van der Waals surface area (Å²) in [6.45, 7) is 0. The fourth-order valence-corrected chi connectivity index (χ4v) is 6.57. The Balaban J connectivity index is 1.20. The maximum atomic E-state index is 5.21. The molecule has 9 rings (SSSR count). The summed E-state index contributed by atoms with van der Waals surface area (Å²) in [5.41, 5.74) is 11.1. The van der Waals surface area contributed by atoms with Gasteiger partial charge in [-0.15, -0.1) is 0 Å². The Kier molecular flexibility index (Phi) is 7.48. The van der Waals surface area contributed by atoms with E-state index in [0.29, 0.717) is 5.84 Å². The molecule has 236 valence electrons. The van der Waals surface area contributed by atoms with Gasteiger partial charge in [-0.25, -0.2) is 15.0 Å². The van der Waals surface area contributed by atoms with Crippen LogP contribution in [0.25, 0.3) is 55.3 Å². The highest BCUT2D eigenvalue weighted by Gasteiger charge is 2.22. The van der Waals surface area contributed by atoms with Crippen molar-refractivity contribution < 1.29 is 0 Å². The number of aromatic nitrogens is 2. The Bertz CT molecular complexity index is 2540. The number of aliphatic imine (C=N–C) groups is 2. The van der Waals surface area contributed by atoms with Crippen LogP contribution in [0.4, 0.5) is 0 Å². The Hall–Kier alpha value is -6.72. The van der Waals surface area contributed by atoms with Gasteiger partial charge in [-0.2, -0.15) is 0 Å². The molecule has 0 radical (unpaired) electrons. The fraction of sp³-hybridized carbons (Fsp3) is 0.0222. The van der Waals surface area contributed by atoms with Gasteiger partial charge in [-0.3, -0.25) is 4.98 Å². The lowest BCUT2D eigenvalue weighted by Gasteiger charge is -2.24. The minimum absolute atomic E-state index is 0.312. The molecule has 1 atom stereocenters. The van der Waals surface area contributed by atoms with E-state index in [1.54, 1.807) is 0 Å². The number of benzene rings is 6. The quantitative estimate of drug-likeness (QED) is 0.184. The third kappa shape index (κ3) is 5.71. The van der Waals surface area contributed by atoms with E-state index in [1.165, 1.54) is 5.56 Å². The minimum Gasteiger partial charge on any atom is -0.344 e. The summed E-state index contributed by atoms with van der Waals surface area (Å²) in [6, 6.07) is 58.7. The van der Waals surface area contributed by atoms with Crippen molar-refractivity contribution in [3.63, 3.8) is 0 Å². The molecule has 0 aliphatic carbocycles. The maximum absolute atomic E-state index is 5.21. The van der Waals surface area contributed by atoms with Crippen molar-refractivity contribution in [1.29, 1.82) is 0 Å². The van der Waals surface area contributed by atoms with Crippen LogP contribution < -0.4 is 5.32 Å². The summed E-state index contributed by atoms with van der Waals surface area (Å²) in [4.78, 5) is 20.3. The standard InChI is InChI=1S/C45H31N5/c1-4-11-30(12-5-1)32-18-22-36(23-19-32)44-48-43(35-15-8-3-9-16-35)49-45(50-44)39-28-37(31-13-6-2-7-14-31)27-38(29-39)40-25-24-34-21-20-33-17-10-26-46-41(33)42(34)47-40/h1-29,43H,(H,48,49,50). The molecule has 0 bridgehead atoms. The van der Waals surface area contributed by atoms with Crippen LogP contribution in [0.5, 0.6) is 0 Å². The fourth-order valence-electron chi connectivity index (χ4n) is 6.57. The lowest BCUT2D eigenvalue weighted by atomic mass is 9.97. The third-order valence-electron chi connectivity index (χ3n) is 9.15. The second kappa shape index (κ2) is 12.7. The smallest absolute Gasteiger partial charge is 0.159 e. The zero-order chi connectivity index (χ0) is 33.3. The Morgan fingerprint density at radius 1 is 0.440 bits per heavy atom. The van der Waals surface area contributed by atoms with E-state index in [-0.39, 0.29) is 6.17 Å². The summed E-state index contributed by atoms with van der Waals surface area (Å²) in [5.74, 6) is 1.43. The molecular formula is C45H31N5.